The number of nitrogens with zero attached hydrogens (tertiary/aromatic N) is 4. The Balaban J connectivity index is 1.36. The van der Waals surface area contributed by atoms with Gasteiger partial charge in [-0.15, -0.1) is 0 Å². The molecule has 3 aromatic rings. The van der Waals surface area contributed by atoms with E-state index in [0.29, 0.717) is 48.3 Å². The molecule has 1 fully saturated rings. The third-order valence-corrected chi connectivity index (χ3v) is 7.19. The highest BCUT2D eigenvalue weighted by Crippen LogP contribution is 2.44. The van der Waals surface area contributed by atoms with Crippen molar-refractivity contribution < 1.29 is 27.4 Å². The van der Waals surface area contributed by atoms with Crippen LogP contribution in [0.25, 0.3) is 0 Å². The monoisotopic (exact) mass is 549 g/mol. The number of benzene rings is 2. The standard InChI is InChI=1S/C26H27ClF3N5O3/c1-37-21-7-6-16(12-22(21)38-2)19-14-23(26(28,29)30)35-24(31-19)15-20(32-35)25(36)34-10-8-33(9-11-34)18-5-3-4-17(27)13-18/h3-7,12-13,15,19,23,31H,8-11,14H2,1-2H3/t19-,23+/m0/s1. The van der Waals surface area contributed by atoms with Crippen LogP contribution in [0, 0.1) is 0 Å². The molecule has 1 saturated heterocycles. The summed E-state index contributed by atoms with van der Waals surface area (Å²) in [5, 5.41) is 7.88. The SMILES string of the molecule is COc1ccc([C@@H]2C[C@H](C(F)(F)F)n3nc(C(=O)N4CCN(c5cccc(Cl)c5)CC4)cc3N2)cc1OC. The molecule has 1 amide bonds. The third-order valence-electron chi connectivity index (χ3n) is 6.96. The van der Waals surface area contributed by atoms with Gasteiger partial charge in [0.2, 0.25) is 0 Å². The van der Waals surface area contributed by atoms with E-state index in [2.05, 4.69) is 15.3 Å². The maximum Gasteiger partial charge on any atom is 0.410 e. The molecule has 0 spiro atoms. The molecule has 0 bridgehead atoms. The summed E-state index contributed by atoms with van der Waals surface area (Å²) in [7, 11) is 2.96. The van der Waals surface area contributed by atoms with E-state index in [-0.39, 0.29) is 17.9 Å². The lowest BCUT2D eigenvalue weighted by atomic mass is 9.96. The molecule has 0 aliphatic carbocycles. The molecule has 2 aromatic carbocycles. The minimum atomic E-state index is -4.55. The van der Waals surface area contributed by atoms with Crippen molar-refractivity contribution in [1.82, 2.24) is 14.7 Å². The third kappa shape index (κ3) is 5.07. The lowest BCUT2D eigenvalue weighted by Gasteiger charge is -2.35. The first-order valence-corrected chi connectivity index (χ1v) is 12.5. The van der Waals surface area contributed by atoms with E-state index < -0.39 is 24.2 Å². The number of carbonyl (C=O) groups excluding carboxylic acids is 1. The zero-order valence-corrected chi connectivity index (χ0v) is 21.6. The van der Waals surface area contributed by atoms with Crippen molar-refractivity contribution in [3.63, 3.8) is 0 Å². The number of ether oxygens (including phenoxy) is 2. The Morgan fingerprint density at radius 2 is 1.76 bits per heavy atom. The first kappa shape index (κ1) is 26.0. The predicted octanol–water partition coefficient (Wildman–Crippen LogP) is 5.18. The number of fused-ring (bicyclic) bond motifs is 1. The van der Waals surface area contributed by atoms with Gasteiger partial charge < -0.3 is 24.6 Å². The van der Waals surface area contributed by atoms with E-state index in [1.807, 2.05) is 18.2 Å². The van der Waals surface area contributed by atoms with Gasteiger partial charge in [-0.2, -0.15) is 18.3 Å². The molecule has 1 N–H and O–H groups in total. The maximum absolute atomic E-state index is 14.1. The Labute approximate surface area is 222 Å². The van der Waals surface area contributed by atoms with Crippen LogP contribution in [0.1, 0.15) is 34.6 Å². The smallest absolute Gasteiger partial charge is 0.410 e. The summed E-state index contributed by atoms with van der Waals surface area (Å²) in [6.45, 7) is 1.98. The predicted molar refractivity (Wildman–Crippen MR) is 137 cm³/mol. The van der Waals surface area contributed by atoms with Crippen molar-refractivity contribution in [2.45, 2.75) is 24.7 Å². The van der Waals surface area contributed by atoms with Crippen LogP contribution in [0.5, 0.6) is 11.5 Å². The van der Waals surface area contributed by atoms with Gasteiger partial charge in [0.1, 0.15) is 5.82 Å². The Bertz CT molecular complexity index is 1320. The summed E-state index contributed by atoms with van der Waals surface area (Å²) < 4.78 is 53.8. The van der Waals surface area contributed by atoms with Crippen LogP contribution in [0.3, 0.4) is 0 Å². The second-order valence-electron chi connectivity index (χ2n) is 9.22. The molecule has 38 heavy (non-hydrogen) atoms. The molecule has 202 valence electrons. The van der Waals surface area contributed by atoms with Gasteiger partial charge >= 0.3 is 6.18 Å². The molecular formula is C26H27ClF3N5O3. The van der Waals surface area contributed by atoms with E-state index in [1.165, 1.54) is 20.3 Å². The molecule has 1 aromatic heterocycles. The number of anilines is 2. The number of alkyl halides is 3. The molecular weight excluding hydrogens is 523 g/mol. The van der Waals surface area contributed by atoms with Crippen molar-refractivity contribution >= 4 is 29.0 Å². The summed E-state index contributed by atoms with van der Waals surface area (Å²) in [6, 6.07) is 11.3. The summed E-state index contributed by atoms with van der Waals surface area (Å²) in [6.07, 6.45) is -4.85. The molecule has 0 unspecified atom stereocenters. The lowest BCUT2D eigenvalue weighted by Crippen LogP contribution is -2.49. The minimum Gasteiger partial charge on any atom is -0.493 e. The Hall–Kier alpha value is -3.60. The van der Waals surface area contributed by atoms with Crippen molar-refractivity contribution in [3.8, 4) is 11.5 Å². The maximum atomic E-state index is 14.1. The van der Waals surface area contributed by atoms with Gasteiger partial charge in [0, 0.05) is 49.4 Å². The number of hydrogen-bond acceptors (Lipinski definition) is 6. The average molecular weight is 550 g/mol. The van der Waals surface area contributed by atoms with Gasteiger partial charge in [-0.05, 0) is 35.9 Å². The normalized spacial score (nSPS) is 19.5. The average Bonchev–Trinajstić information content (AvgIpc) is 3.35. The van der Waals surface area contributed by atoms with E-state index in [4.69, 9.17) is 21.1 Å². The number of halogens is 4. The first-order chi connectivity index (χ1) is 18.2. The van der Waals surface area contributed by atoms with E-state index >= 15 is 0 Å². The molecule has 12 heteroatoms. The van der Waals surface area contributed by atoms with Gasteiger partial charge in [-0.1, -0.05) is 23.7 Å². The van der Waals surface area contributed by atoms with Crippen LogP contribution in [-0.2, 0) is 0 Å². The molecule has 3 heterocycles. The Morgan fingerprint density at radius 1 is 1.03 bits per heavy atom. The number of amides is 1. The molecule has 2 aliphatic heterocycles. The quantitative estimate of drug-likeness (QED) is 0.473. The van der Waals surface area contributed by atoms with Gasteiger partial charge in [0.05, 0.1) is 20.3 Å². The summed E-state index contributed by atoms with van der Waals surface area (Å²) in [4.78, 5) is 17.0. The van der Waals surface area contributed by atoms with E-state index in [1.54, 1.807) is 29.2 Å². The van der Waals surface area contributed by atoms with Gasteiger partial charge in [-0.3, -0.25) is 4.79 Å². The van der Waals surface area contributed by atoms with E-state index in [0.717, 1.165) is 10.4 Å². The van der Waals surface area contributed by atoms with Crippen molar-refractivity contribution in [2.24, 2.45) is 0 Å². The van der Waals surface area contributed by atoms with Crippen LogP contribution >= 0.6 is 11.6 Å². The Kier molecular flexibility index (Phi) is 7.04. The molecule has 8 nitrogen and oxygen atoms in total. The Morgan fingerprint density at radius 3 is 2.42 bits per heavy atom. The highest BCUT2D eigenvalue weighted by molar-refractivity contribution is 6.30. The number of hydrogen-bond donors (Lipinski definition) is 1. The lowest BCUT2D eigenvalue weighted by molar-refractivity contribution is -0.173. The topological polar surface area (TPSA) is 71.9 Å². The summed E-state index contributed by atoms with van der Waals surface area (Å²) in [5.41, 5.74) is 1.54. The second kappa shape index (κ2) is 10.3. The van der Waals surface area contributed by atoms with Crippen LogP contribution in [-0.4, -0.2) is 67.2 Å². The van der Waals surface area contributed by atoms with Crippen molar-refractivity contribution in [3.05, 3.63) is 64.8 Å². The number of rotatable bonds is 5. The number of aromatic nitrogens is 2. The van der Waals surface area contributed by atoms with Crippen LogP contribution in [0.2, 0.25) is 5.02 Å². The second-order valence-corrected chi connectivity index (χ2v) is 9.66. The number of carbonyl (C=O) groups is 1. The fraction of sp³-hybridized carbons (Fsp3) is 0.385. The van der Waals surface area contributed by atoms with Crippen molar-refractivity contribution in [1.29, 1.82) is 0 Å². The highest BCUT2D eigenvalue weighted by Gasteiger charge is 2.47. The fourth-order valence-electron chi connectivity index (χ4n) is 4.97. The number of nitrogens with one attached hydrogen (secondary N) is 1. The van der Waals surface area contributed by atoms with Crippen LogP contribution in [0.15, 0.2) is 48.5 Å². The van der Waals surface area contributed by atoms with Gasteiger partial charge in [0.15, 0.2) is 23.2 Å². The van der Waals surface area contributed by atoms with Gasteiger partial charge in [0.25, 0.3) is 5.91 Å². The molecule has 5 rings (SSSR count). The molecule has 0 radical (unpaired) electrons. The number of piperazine rings is 1. The van der Waals surface area contributed by atoms with Gasteiger partial charge in [-0.25, -0.2) is 4.68 Å². The van der Waals surface area contributed by atoms with E-state index in [9.17, 15) is 18.0 Å². The zero-order chi connectivity index (χ0) is 27.0. The minimum absolute atomic E-state index is 0.0223. The molecule has 2 atom stereocenters. The van der Waals surface area contributed by atoms with Crippen molar-refractivity contribution in [2.75, 3.05) is 50.6 Å². The highest BCUT2D eigenvalue weighted by atomic mass is 35.5. The number of methoxy groups -OCH3 is 2. The van der Waals surface area contributed by atoms with Crippen LogP contribution < -0.4 is 19.7 Å². The fourth-order valence-corrected chi connectivity index (χ4v) is 5.15. The first-order valence-electron chi connectivity index (χ1n) is 12.1. The molecule has 2 aliphatic rings. The zero-order valence-electron chi connectivity index (χ0n) is 20.8. The molecule has 0 saturated carbocycles. The summed E-state index contributed by atoms with van der Waals surface area (Å²) in [5.74, 6) is 0.636. The van der Waals surface area contributed by atoms with Crippen LogP contribution in [0.4, 0.5) is 24.7 Å². The largest absolute Gasteiger partial charge is 0.493 e. The summed E-state index contributed by atoms with van der Waals surface area (Å²) >= 11 is 6.10.